The summed E-state index contributed by atoms with van der Waals surface area (Å²) in [6, 6.07) is 16.9. The predicted molar refractivity (Wildman–Crippen MR) is 100 cm³/mol. The topological polar surface area (TPSA) is 70.7 Å². The van der Waals surface area contributed by atoms with E-state index in [1.807, 2.05) is 24.3 Å². The van der Waals surface area contributed by atoms with E-state index in [0.717, 1.165) is 21.5 Å². The lowest BCUT2D eigenvalue weighted by Crippen LogP contribution is -2.55. The first kappa shape index (κ1) is 17.1. The Morgan fingerprint density at radius 2 is 1.85 bits per heavy atom. The van der Waals surface area contributed by atoms with Gasteiger partial charge in [-0.15, -0.1) is 15.3 Å². The number of quaternary nitrogens is 1. The van der Waals surface area contributed by atoms with Gasteiger partial charge in [-0.25, -0.2) is 4.39 Å². The molecule has 2 heterocycles. The molecule has 0 aliphatic heterocycles. The highest BCUT2D eigenvalue weighted by molar-refractivity contribution is 8.00. The smallest absolute Gasteiger partial charge is 0.235 e. The third kappa shape index (κ3) is 3.62. The number of hydrogen-bond acceptors (Lipinski definition) is 5. The molecule has 0 saturated carbocycles. The van der Waals surface area contributed by atoms with Crippen molar-refractivity contribution in [3.8, 4) is 0 Å². The summed E-state index contributed by atoms with van der Waals surface area (Å²) < 4.78 is 16.3. The molecule has 2 aromatic heterocycles. The molecule has 0 radical (unpaired) electrons. The fraction of sp³-hybridized carbons (Fsp3) is 0.167. The molecule has 3 N–H and O–H groups in total. The van der Waals surface area contributed by atoms with Crippen molar-refractivity contribution in [2.75, 3.05) is 0 Å². The molecule has 0 fully saturated rings. The second kappa shape index (κ2) is 7.53. The average Bonchev–Trinajstić information content (AvgIpc) is 3.22. The van der Waals surface area contributed by atoms with Gasteiger partial charge in [-0.2, -0.15) is 4.52 Å². The van der Waals surface area contributed by atoms with Crippen molar-refractivity contribution in [1.82, 2.24) is 19.8 Å². The van der Waals surface area contributed by atoms with E-state index in [9.17, 15) is 4.39 Å². The van der Waals surface area contributed by atoms with Crippen LogP contribution in [-0.2, 0) is 12.2 Å². The molecule has 0 bridgehead atoms. The molecule has 0 spiro atoms. The first-order valence-corrected chi connectivity index (χ1v) is 9.96. The second-order valence-electron chi connectivity index (χ2n) is 5.89. The first-order chi connectivity index (χ1) is 12.7. The van der Waals surface area contributed by atoms with Crippen LogP contribution in [0.1, 0.15) is 23.0 Å². The Hall–Kier alpha value is -2.29. The summed E-state index contributed by atoms with van der Waals surface area (Å²) in [4.78, 5) is 0.734. The van der Waals surface area contributed by atoms with Gasteiger partial charge in [0.2, 0.25) is 10.8 Å². The molecule has 1 atom stereocenters. The summed E-state index contributed by atoms with van der Waals surface area (Å²) >= 11 is 2.96. The Morgan fingerprint density at radius 1 is 1.08 bits per heavy atom. The van der Waals surface area contributed by atoms with Gasteiger partial charge in [0.1, 0.15) is 5.82 Å². The van der Waals surface area contributed by atoms with Crippen molar-refractivity contribution in [2.24, 2.45) is 0 Å². The fourth-order valence-corrected chi connectivity index (χ4v) is 4.54. The van der Waals surface area contributed by atoms with E-state index in [1.165, 1.54) is 34.7 Å². The van der Waals surface area contributed by atoms with Crippen molar-refractivity contribution in [3.63, 3.8) is 0 Å². The van der Waals surface area contributed by atoms with Gasteiger partial charge in [-0.3, -0.25) is 0 Å². The van der Waals surface area contributed by atoms with Crippen LogP contribution in [0.2, 0.25) is 0 Å². The number of benzene rings is 2. The molecule has 0 saturated heterocycles. The van der Waals surface area contributed by atoms with Crippen LogP contribution in [0.3, 0.4) is 0 Å². The predicted octanol–water partition coefficient (Wildman–Crippen LogP) is 3.14. The number of aromatic nitrogens is 4. The van der Waals surface area contributed by atoms with Crippen molar-refractivity contribution < 1.29 is 10.1 Å². The standard InChI is InChI=1S/C18H16FN5S2/c19-14-9-5-4-8-13(14)11-25-18-23-24-16(21-22-17(24)26-18)15(20)10-12-6-2-1-3-7-12/h1-9,15H,10-11,20H2/p+1/t15-/m0/s1. The molecule has 5 nitrogen and oxygen atoms in total. The van der Waals surface area contributed by atoms with Crippen LogP contribution in [0.15, 0.2) is 58.9 Å². The third-order valence-corrected chi connectivity index (χ3v) is 6.08. The van der Waals surface area contributed by atoms with Crippen LogP contribution in [0.25, 0.3) is 4.96 Å². The van der Waals surface area contributed by atoms with Gasteiger partial charge in [0, 0.05) is 12.2 Å². The highest BCUT2D eigenvalue weighted by Gasteiger charge is 2.21. The maximum Gasteiger partial charge on any atom is 0.235 e. The zero-order valence-corrected chi connectivity index (χ0v) is 15.5. The second-order valence-corrected chi connectivity index (χ2v) is 8.07. The van der Waals surface area contributed by atoms with Gasteiger partial charge in [-0.05, 0) is 17.2 Å². The van der Waals surface area contributed by atoms with Gasteiger partial charge < -0.3 is 5.73 Å². The maximum atomic E-state index is 13.7. The van der Waals surface area contributed by atoms with E-state index in [4.69, 9.17) is 0 Å². The number of hydrogen-bond donors (Lipinski definition) is 1. The largest absolute Gasteiger partial charge is 0.348 e. The van der Waals surface area contributed by atoms with Crippen molar-refractivity contribution >= 4 is 28.1 Å². The van der Waals surface area contributed by atoms with Gasteiger partial charge in [0.15, 0.2) is 10.4 Å². The van der Waals surface area contributed by atoms with Crippen molar-refractivity contribution in [3.05, 3.63) is 77.4 Å². The Bertz CT molecular complexity index is 1010. The number of thioether (sulfide) groups is 1. The highest BCUT2D eigenvalue weighted by atomic mass is 32.2. The minimum atomic E-state index is -0.190. The Kier molecular flexibility index (Phi) is 4.96. The molecule has 4 rings (SSSR count). The van der Waals surface area contributed by atoms with E-state index in [2.05, 4.69) is 33.2 Å². The van der Waals surface area contributed by atoms with Crippen molar-refractivity contribution in [1.29, 1.82) is 0 Å². The van der Waals surface area contributed by atoms with Gasteiger partial charge in [0.25, 0.3) is 0 Å². The maximum absolute atomic E-state index is 13.7. The van der Waals surface area contributed by atoms with E-state index in [0.29, 0.717) is 11.3 Å². The van der Waals surface area contributed by atoms with Gasteiger partial charge in [-0.1, -0.05) is 71.6 Å². The summed E-state index contributed by atoms with van der Waals surface area (Å²) in [5, 5.41) is 13.1. The zero-order chi connectivity index (χ0) is 17.9. The molecule has 132 valence electrons. The lowest BCUT2D eigenvalue weighted by atomic mass is 10.1. The van der Waals surface area contributed by atoms with Gasteiger partial charge >= 0.3 is 0 Å². The SMILES string of the molecule is [NH3+][C@@H](Cc1ccccc1)c1nnc2sc(SCc3ccccc3F)nn12. The fourth-order valence-electron chi connectivity index (χ4n) is 2.67. The molecule has 0 aliphatic rings. The van der Waals surface area contributed by atoms with Crippen LogP contribution in [0, 0.1) is 5.82 Å². The lowest BCUT2D eigenvalue weighted by Gasteiger charge is -2.05. The molecule has 26 heavy (non-hydrogen) atoms. The van der Waals surface area contributed by atoms with Crippen LogP contribution in [0.4, 0.5) is 4.39 Å². The normalized spacial score (nSPS) is 12.5. The summed E-state index contributed by atoms with van der Waals surface area (Å²) in [6.07, 6.45) is 0.775. The monoisotopic (exact) mass is 386 g/mol. The molecular formula is C18H17FN5S2+. The number of rotatable bonds is 6. The molecule has 0 amide bonds. The average molecular weight is 387 g/mol. The molecule has 4 aromatic rings. The van der Waals surface area contributed by atoms with Crippen LogP contribution < -0.4 is 5.73 Å². The Morgan fingerprint density at radius 3 is 2.65 bits per heavy atom. The van der Waals surface area contributed by atoms with Crippen LogP contribution in [0.5, 0.6) is 0 Å². The summed E-state index contributed by atoms with van der Waals surface area (Å²) in [7, 11) is 0. The summed E-state index contributed by atoms with van der Waals surface area (Å²) in [5.41, 5.74) is 6.10. The minimum Gasteiger partial charge on any atom is -0.348 e. The Labute approximate surface area is 158 Å². The van der Waals surface area contributed by atoms with Crippen molar-refractivity contribution in [2.45, 2.75) is 22.6 Å². The molecular weight excluding hydrogens is 369 g/mol. The molecule has 0 unspecified atom stereocenters. The zero-order valence-electron chi connectivity index (χ0n) is 13.9. The van der Waals surface area contributed by atoms with E-state index in [1.54, 1.807) is 16.6 Å². The highest BCUT2D eigenvalue weighted by Crippen LogP contribution is 2.29. The van der Waals surface area contributed by atoms with Gasteiger partial charge in [0.05, 0.1) is 0 Å². The lowest BCUT2D eigenvalue weighted by molar-refractivity contribution is -0.428. The quantitative estimate of drug-likeness (QED) is 0.517. The first-order valence-electron chi connectivity index (χ1n) is 8.16. The minimum absolute atomic E-state index is 0.0427. The molecule has 0 aliphatic carbocycles. The van der Waals surface area contributed by atoms with Crippen LogP contribution in [-0.4, -0.2) is 19.8 Å². The third-order valence-electron chi connectivity index (χ3n) is 4.00. The number of halogens is 1. The molecule has 8 heteroatoms. The van der Waals surface area contributed by atoms with E-state index < -0.39 is 0 Å². The van der Waals surface area contributed by atoms with E-state index >= 15 is 0 Å². The Balaban J connectivity index is 1.50. The number of nitrogens with zero attached hydrogens (tertiary/aromatic N) is 4. The number of fused-ring (bicyclic) bond motifs is 1. The summed E-state index contributed by atoms with van der Waals surface area (Å²) in [6.45, 7) is 0. The summed E-state index contributed by atoms with van der Waals surface area (Å²) in [5.74, 6) is 1.09. The molecule has 2 aromatic carbocycles. The van der Waals surface area contributed by atoms with E-state index in [-0.39, 0.29) is 11.9 Å². The van der Waals surface area contributed by atoms with Crippen LogP contribution >= 0.6 is 23.1 Å².